The minimum atomic E-state index is 0.543. The normalized spacial score (nSPS) is 11.4. The van der Waals surface area contributed by atoms with Crippen LogP contribution < -0.4 is 0 Å². The van der Waals surface area contributed by atoms with E-state index in [9.17, 15) is 0 Å². The maximum absolute atomic E-state index is 3.36. The predicted molar refractivity (Wildman–Crippen MR) is 82.6 cm³/mol. The number of hydrogen-bond donors (Lipinski definition) is 1. The maximum atomic E-state index is 3.36. The molecule has 1 heterocycles. The van der Waals surface area contributed by atoms with Gasteiger partial charge in [0.05, 0.1) is 0 Å². The van der Waals surface area contributed by atoms with Crippen LogP contribution in [0.1, 0.15) is 30.9 Å². The van der Waals surface area contributed by atoms with Crippen molar-refractivity contribution in [1.29, 1.82) is 0 Å². The molecule has 96 valence electrons. The van der Waals surface area contributed by atoms with E-state index >= 15 is 0 Å². The molecule has 1 aromatic heterocycles. The molecule has 19 heavy (non-hydrogen) atoms. The molecule has 0 saturated carbocycles. The van der Waals surface area contributed by atoms with Gasteiger partial charge in [0.25, 0.3) is 0 Å². The number of benzene rings is 2. The number of aryl methyl sites for hydroxylation is 1. The van der Waals surface area contributed by atoms with Crippen LogP contribution in [0, 0.1) is 6.92 Å². The highest BCUT2D eigenvalue weighted by atomic mass is 14.7. The number of nitrogens with one attached hydrogen (secondary N) is 1. The van der Waals surface area contributed by atoms with Crippen molar-refractivity contribution in [3.63, 3.8) is 0 Å². The third-order valence-corrected chi connectivity index (χ3v) is 3.69. The van der Waals surface area contributed by atoms with E-state index in [1.807, 2.05) is 0 Å². The smallest absolute Gasteiger partial charge is 0.0457 e. The lowest BCUT2D eigenvalue weighted by molar-refractivity contribution is 0.875. The fraction of sp³-hybridized carbons (Fsp3) is 0.222. The van der Waals surface area contributed by atoms with Crippen LogP contribution >= 0.6 is 0 Å². The van der Waals surface area contributed by atoms with Crippen molar-refractivity contribution in [2.24, 2.45) is 0 Å². The van der Waals surface area contributed by atoms with Gasteiger partial charge in [0.15, 0.2) is 0 Å². The van der Waals surface area contributed by atoms with E-state index in [0.717, 1.165) is 0 Å². The summed E-state index contributed by atoms with van der Waals surface area (Å²) in [7, 11) is 0. The molecule has 0 bridgehead atoms. The summed E-state index contributed by atoms with van der Waals surface area (Å²) in [6, 6.07) is 15.3. The summed E-state index contributed by atoms with van der Waals surface area (Å²) in [6.07, 6.45) is 2.13. The molecule has 0 aliphatic rings. The van der Waals surface area contributed by atoms with Crippen LogP contribution in [0.3, 0.4) is 0 Å². The highest BCUT2D eigenvalue weighted by Crippen LogP contribution is 2.30. The Morgan fingerprint density at radius 2 is 1.74 bits per heavy atom. The van der Waals surface area contributed by atoms with Crippen molar-refractivity contribution in [1.82, 2.24) is 4.98 Å². The van der Waals surface area contributed by atoms with E-state index in [1.54, 1.807) is 0 Å². The molecule has 0 aliphatic heterocycles. The Labute approximate surface area is 114 Å². The van der Waals surface area contributed by atoms with Crippen LogP contribution in [-0.4, -0.2) is 4.98 Å². The van der Waals surface area contributed by atoms with E-state index in [4.69, 9.17) is 0 Å². The first-order valence-electron chi connectivity index (χ1n) is 6.83. The molecule has 1 heteroatoms. The summed E-state index contributed by atoms with van der Waals surface area (Å²) < 4.78 is 0. The summed E-state index contributed by atoms with van der Waals surface area (Å²) in [6.45, 7) is 6.61. The Morgan fingerprint density at radius 3 is 2.47 bits per heavy atom. The van der Waals surface area contributed by atoms with Crippen LogP contribution in [0.5, 0.6) is 0 Å². The molecular weight excluding hydrogens is 230 g/mol. The first kappa shape index (κ1) is 12.0. The number of hydrogen-bond acceptors (Lipinski definition) is 0. The second-order valence-electron chi connectivity index (χ2n) is 5.53. The molecule has 0 radical (unpaired) electrons. The Bertz CT molecular complexity index is 719. The monoisotopic (exact) mass is 249 g/mol. The molecule has 0 saturated heterocycles. The number of aromatic amines is 1. The van der Waals surface area contributed by atoms with Crippen molar-refractivity contribution in [2.45, 2.75) is 26.7 Å². The fourth-order valence-electron chi connectivity index (χ4n) is 2.62. The van der Waals surface area contributed by atoms with Crippen molar-refractivity contribution in [3.05, 3.63) is 59.8 Å². The average molecular weight is 249 g/mol. The Kier molecular flexibility index (Phi) is 2.90. The van der Waals surface area contributed by atoms with Crippen molar-refractivity contribution in [3.8, 4) is 11.1 Å². The molecule has 0 unspecified atom stereocenters. The summed E-state index contributed by atoms with van der Waals surface area (Å²) in [5.74, 6) is 0.543. The molecule has 1 nitrogen and oxygen atoms in total. The summed E-state index contributed by atoms with van der Waals surface area (Å²) in [4.78, 5) is 3.36. The average Bonchev–Trinajstić information content (AvgIpc) is 2.81. The predicted octanol–water partition coefficient (Wildman–Crippen LogP) is 5.27. The van der Waals surface area contributed by atoms with Gasteiger partial charge in [-0.3, -0.25) is 0 Å². The Morgan fingerprint density at radius 1 is 0.947 bits per heavy atom. The van der Waals surface area contributed by atoms with Gasteiger partial charge in [-0.2, -0.15) is 0 Å². The van der Waals surface area contributed by atoms with Crippen LogP contribution in [0.25, 0.3) is 22.0 Å². The largest absolute Gasteiger partial charge is 0.361 e. The number of aromatic nitrogens is 1. The van der Waals surface area contributed by atoms with Gasteiger partial charge in [-0.15, -0.1) is 0 Å². The number of rotatable bonds is 2. The van der Waals surface area contributed by atoms with Crippen LogP contribution in [0.15, 0.2) is 48.7 Å². The van der Waals surface area contributed by atoms with Gasteiger partial charge < -0.3 is 4.98 Å². The fourth-order valence-corrected chi connectivity index (χ4v) is 2.62. The minimum Gasteiger partial charge on any atom is -0.361 e. The molecule has 3 aromatic rings. The lowest BCUT2D eigenvalue weighted by Gasteiger charge is -2.06. The van der Waals surface area contributed by atoms with E-state index < -0.39 is 0 Å². The molecule has 0 spiro atoms. The molecule has 1 N–H and O–H groups in total. The lowest BCUT2D eigenvalue weighted by atomic mass is 9.98. The van der Waals surface area contributed by atoms with Gasteiger partial charge in [-0.1, -0.05) is 49.7 Å². The topological polar surface area (TPSA) is 15.8 Å². The van der Waals surface area contributed by atoms with Gasteiger partial charge >= 0.3 is 0 Å². The van der Waals surface area contributed by atoms with Crippen LogP contribution in [0.2, 0.25) is 0 Å². The second kappa shape index (κ2) is 4.58. The first-order valence-corrected chi connectivity index (χ1v) is 6.83. The molecule has 0 fully saturated rings. The van der Waals surface area contributed by atoms with Crippen molar-refractivity contribution in [2.75, 3.05) is 0 Å². The van der Waals surface area contributed by atoms with E-state index in [-0.39, 0.29) is 0 Å². The Hall–Kier alpha value is -2.02. The highest BCUT2D eigenvalue weighted by molar-refractivity contribution is 5.88. The highest BCUT2D eigenvalue weighted by Gasteiger charge is 2.08. The van der Waals surface area contributed by atoms with Crippen LogP contribution in [-0.2, 0) is 0 Å². The first-order chi connectivity index (χ1) is 9.15. The van der Waals surface area contributed by atoms with E-state index in [2.05, 4.69) is 74.4 Å². The van der Waals surface area contributed by atoms with Gasteiger partial charge in [0.2, 0.25) is 0 Å². The standard InChI is InChI=1S/C18H19N/c1-12(2)17-11-19-18-8-7-15(10-16(17)18)14-6-4-5-13(3)9-14/h4-12,19H,1-3H3. The quantitative estimate of drug-likeness (QED) is 0.637. The zero-order valence-electron chi connectivity index (χ0n) is 11.7. The summed E-state index contributed by atoms with van der Waals surface area (Å²) >= 11 is 0. The summed E-state index contributed by atoms with van der Waals surface area (Å²) in [5.41, 5.74) is 6.50. The number of fused-ring (bicyclic) bond motifs is 1. The van der Waals surface area contributed by atoms with Crippen molar-refractivity contribution < 1.29 is 0 Å². The maximum Gasteiger partial charge on any atom is 0.0457 e. The third kappa shape index (κ3) is 2.17. The van der Waals surface area contributed by atoms with E-state index in [0.29, 0.717) is 5.92 Å². The number of H-pyrrole nitrogens is 1. The van der Waals surface area contributed by atoms with Gasteiger partial charge in [-0.05, 0) is 41.7 Å². The zero-order valence-corrected chi connectivity index (χ0v) is 11.7. The van der Waals surface area contributed by atoms with Gasteiger partial charge in [0.1, 0.15) is 0 Å². The second-order valence-corrected chi connectivity index (χ2v) is 5.53. The van der Waals surface area contributed by atoms with Crippen molar-refractivity contribution >= 4 is 10.9 Å². The minimum absolute atomic E-state index is 0.543. The molecular formula is C18H19N. The van der Waals surface area contributed by atoms with Crippen LogP contribution in [0.4, 0.5) is 0 Å². The Balaban J connectivity index is 2.18. The SMILES string of the molecule is Cc1cccc(-c2ccc3[nH]cc(C(C)C)c3c2)c1. The molecule has 0 amide bonds. The van der Waals surface area contributed by atoms with E-state index in [1.165, 1.54) is 33.2 Å². The lowest BCUT2D eigenvalue weighted by Crippen LogP contribution is -1.85. The summed E-state index contributed by atoms with van der Waals surface area (Å²) in [5, 5.41) is 1.34. The molecule has 2 aromatic carbocycles. The molecule has 0 aliphatic carbocycles. The molecule has 3 rings (SSSR count). The van der Waals surface area contributed by atoms with Gasteiger partial charge in [0, 0.05) is 17.1 Å². The van der Waals surface area contributed by atoms with Gasteiger partial charge in [-0.25, -0.2) is 0 Å². The molecule has 0 atom stereocenters. The third-order valence-electron chi connectivity index (χ3n) is 3.69. The zero-order chi connectivity index (χ0) is 13.4.